The standard InChI is InChI=1S/C47H34/c1-2-16-31-27-28-39(40-29-35-23-12-14-25-37(35)42(31)40)47-45(34-21-10-5-11-22-34)44(33-19-8-4-9-20-33)43(32-17-6-3-7-18-32)41-30-36-24-13-15-26-38(36)46(41)47/h2-28H,29-30H2,1H3. The van der Waals surface area contributed by atoms with Crippen molar-refractivity contribution in [1.82, 2.24) is 0 Å². The zero-order valence-electron chi connectivity index (χ0n) is 26.5. The summed E-state index contributed by atoms with van der Waals surface area (Å²) in [6.07, 6.45) is 6.28. The van der Waals surface area contributed by atoms with Gasteiger partial charge in [-0.2, -0.15) is 0 Å². The molecule has 2 aliphatic carbocycles. The predicted molar refractivity (Wildman–Crippen MR) is 199 cm³/mol. The Balaban J connectivity index is 1.51. The fourth-order valence-electron chi connectivity index (χ4n) is 8.19. The van der Waals surface area contributed by atoms with E-state index in [4.69, 9.17) is 0 Å². The van der Waals surface area contributed by atoms with E-state index in [9.17, 15) is 0 Å². The molecule has 0 saturated carbocycles. The van der Waals surface area contributed by atoms with Gasteiger partial charge in [0.1, 0.15) is 0 Å². The van der Waals surface area contributed by atoms with Crippen molar-refractivity contribution in [3.8, 4) is 66.8 Å². The van der Waals surface area contributed by atoms with Gasteiger partial charge in [0.15, 0.2) is 0 Å². The predicted octanol–water partition coefficient (Wildman–Crippen LogP) is 12.5. The van der Waals surface area contributed by atoms with Crippen LogP contribution in [0.1, 0.15) is 34.7 Å². The first-order valence-corrected chi connectivity index (χ1v) is 16.7. The van der Waals surface area contributed by atoms with Crippen LogP contribution in [0.3, 0.4) is 0 Å². The third kappa shape index (κ3) is 4.37. The van der Waals surface area contributed by atoms with Crippen LogP contribution in [-0.2, 0) is 12.8 Å². The van der Waals surface area contributed by atoms with Gasteiger partial charge in [0, 0.05) is 0 Å². The summed E-state index contributed by atoms with van der Waals surface area (Å²) in [5, 5.41) is 0. The van der Waals surface area contributed by atoms with Gasteiger partial charge >= 0.3 is 0 Å². The smallest absolute Gasteiger partial charge is 0.000683 e. The van der Waals surface area contributed by atoms with Crippen molar-refractivity contribution in [1.29, 1.82) is 0 Å². The normalized spacial score (nSPS) is 12.5. The van der Waals surface area contributed by atoms with Gasteiger partial charge in [0.05, 0.1) is 0 Å². The third-order valence-corrected chi connectivity index (χ3v) is 10.1. The van der Waals surface area contributed by atoms with Gasteiger partial charge in [-0.25, -0.2) is 0 Å². The Morgan fingerprint density at radius 1 is 0.362 bits per heavy atom. The molecule has 0 saturated heterocycles. The lowest BCUT2D eigenvalue weighted by molar-refractivity contribution is 1.25. The Bertz CT molecular complexity index is 2320. The summed E-state index contributed by atoms with van der Waals surface area (Å²) >= 11 is 0. The molecule has 0 amide bonds. The van der Waals surface area contributed by atoms with E-state index in [0.29, 0.717) is 0 Å². The number of rotatable bonds is 5. The van der Waals surface area contributed by atoms with Crippen LogP contribution in [-0.4, -0.2) is 0 Å². The van der Waals surface area contributed by atoms with E-state index in [2.05, 4.69) is 171 Å². The van der Waals surface area contributed by atoms with E-state index >= 15 is 0 Å². The molecule has 0 spiro atoms. The zero-order valence-corrected chi connectivity index (χ0v) is 26.5. The quantitative estimate of drug-likeness (QED) is 0.185. The molecule has 0 bridgehead atoms. The lowest BCUT2D eigenvalue weighted by Crippen LogP contribution is -2.02. The van der Waals surface area contributed by atoms with Gasteiger partial charge in [-0.15, -0.1) is 0 Å². The van der Waals surface area contributed by atoms with E-state index in [0.717, 1.165) is 12.8 Å². The van der Waals surface area contributed by atoms with Gasteiger partial charge in [0.25, 0.3) is 0 Å². The van der Waals surface area contributed by atoms with Crippen molar-refractivity contribution < 1.29 is 0 Å². The van der Waals surface area contributed by atoms with Crippen LogP contribution in [0.25, 0.3) is 72.8 Å². The van der Waals surface area contributed by atoms with Crippen molar-refractivity contribution in [3.63, 3.8) is 0 Å². The van der Waals surface area contributed by atoms with Gasteiger partial charge in [-0.05, 0) is 114 Å². The van der Waals surface area contributed by atoms with Crippen LogP contribution in [0.2, 0.25) is 0 Å². The molecule has 47 heavy (non-hydrogen) atoms. The first kappa shape index (κ1) is 27.6. The Kier molecular flexibility index (Phi) is 6.61. The van der Waals surface area contributed by atoms with Crippen LogP contribution in [0, 0.1) is 0 Å². The van der Waals surface area contributed by atoms with Crippen LogP contribution < -0.4 is 0 Å². The lowest BCUT2D eigenvalue weighted by Gasteiger charge is -2.27. The molecule has 0 heteroatoms. The summed E-state index contributed by atoms with van der Waals surface area (Å²) in [7, 11) is 0. The van der Waals surface area contributed by atoms with Crippen LogP contribution in [0.5, 0.6) is 0 Å². The maximum absolute atomic E-state index is 2.42. The number of hydrogen-bond donors (Lipinski definition) is 0. The lowest BCUT2D eigenvalue weighted by atomic mass is 9.76. The average molecular weight is 599 g/mol. The first-order valence-electron chi connectivity index (χ1n) is 16.7. The molecule has 2 aliphatic rings. The highest BCUT2D eigenvalue weighted by Gasteiger charge is 2.34. The van der Waals surface area contributed by atoms with Crippen LogP contribution in [0.15, 0.2) is 158 Å². The molecule has 0 aliphatic heterocycles. The van der Waals surface area contributed by atoms with Crippen molar-refractivity contribution in [2.45, 2.75) is 19.8 Å². The molecule has 0 fully saturated rings. The van der Waals surface area contributed by atoms with Gasteiger partial charge in [-0.3, -0.25) is 0 Å². The monoisotopic (exact) mass is 598 g/mol. The Morgan fingerprint density at radius 2 is 0.830 bits per heavy atom. The highest BCUT2D eigenvalue weighted by molar-refractivity contribution is 6.12. The minimum Gasteiger partial charge on any atom is -0.0870 e. The molecule has 0 nitrogen and oxygen atoms in total. The SMILES string of the molecule is CC=Cc1ccc(-c2c3c(c(-c4ccccc4)c(-c4ccccc4)c2-c2ccccc2)Cc2ccccc2-3)c2c1-c1ccccc1C2. The second-order valence-corrected chi connectivity index (χ2v) is 12.7. The topological polar surface area (TPSA) is 0 Å². The van der Waals surface area contributed by atoms with Gasteiger partial charge in [0.2, 0.25) is 0 Å². The van der Waals surface area contributed by atoms with E-state index < -0.39 is 0 Å². The zero-order chi connectivity index (χ0) is 31.3. The Labute approximate surface area is 277 Å². The van der Waals surface area contributed by atoms with E-state index in [1.165, 1.54) is 94.6 Å². The summed E-state index contributed by atoms with van der Waals surface area (Å²) in [6, 6.07) is 56.1. The molecule has 7 aromatic carbocycles. The van der Waals surface area contributed by atoms with Crippen molar-refractivity contribution in [3.05, 3.63) is 186 Å². The summed E-state index contributed by atoms with van der Waals surface area (Å²) in [5.41, 5.74) is 22.8. The molecular formula is C47H34. The van der Waals surface area contributed by atoms with E-state index in [1.54, 1.807) is 0 Å². The summed E-state index contributed by atoms with van der Waals surface area (Å²) in [5.74, 6) is 0. The number of allylic oxidation sites excluding steroid dienone is 1. The molecule has 0 aromatic heterocycles. The minimum absolute atomic E-state index is 0.913. The molecule has 0 radical (unpaired) electrons. The van der Waals surface area contributed by atoms with Crippen molar-refractivity contribution >= 4 is 6.08 Å². The second kappa shape index (κ2) is 11.3. The fourth-order valence-corrected chi connectivity index (χ4v) is 8.19. The number of hydrogen-bond acceptors (Lipinski definition) is 0. The molecule has 0 atom stereocenters. The second-order valence-electron chi connectivity index (χ2n) is 12.7. The first-order chi connectivity index (χ1) is 23.3. The molecule has 9 rings (SSSR count). The molecule has 0 heterocycles. The van der Waals surface area contributed by atoms with E-state index in [-0.39, 0.29) is 0 Å². The van der Waals surface area contributed by atoms with Gasteiger partial charge in [-0.1, -0.05) is 164 Å². The maximum atomic E-state index is 2.42. The maximum Gasteiger partial charge on any atom is -0.000683 e. The number of benzene rings is 7. The van der Waals surface area contributed by atoms with Crippen LogP contribution in [0.4, 0.5) is 0 Å². The molecule has 222 valence electrons. The Morgan fingerprint density at radius 3 is 1.40 bits per heavy atom. The summed E-state index contributed by atoms with van der Waals surface area (Å²) in [6.45, 7) is 2.12. The Hall–Kier alpha value is -5.72. The average Bonchev–Trinajstić information content (AvgIpc) is 3.72. The van der Waals surface area contributed by atoms with E-state index in [1.807, 2.05) is 0 Å². The highest BCUT2D eigenvalue weighted by Crippen LogP contribution is 2.58. The number of fused-ring (bicyclic) bond motifs is 6. The van der Waals surface area contributed by atoms with Gasteiger partial charge < -0.3 is 0 Å². The molecule has 0 unspecified atom stereocenters. The molecule has 0 N–H and O–H groups in total. The minimum atomic E-state index is 0.913. The van der Waals surface area contributed by atoms with Crippen molar-refractivity contribution in [2.24, 2.45) is 0 Å². The highest BCUT2D eigenvalue weighted by atomic mass is 14.4. The van der Waals surface area contributed by atoms with Crippen LogP contribution >= 0.6 is 0 Å². The molecular weight excluding hydrogens is 565 g/mol. The summed E-state index contributed by atoms with van der Waals surface area (Å²) in [4.78, 5) is 0. The summed E-state index contributed by atoms with van der Waals surface area (Å²) < 4.78 is 0. The largest absolute Gasteiger partial charge is 0.0870 e. The van der Waals surface area contributed by atoms with Crippen molar-refractivity contribution in [2.75, 3.05) is 0 Å². The molecule has 7 aromatic rings. The third-order valence-electron chi connectivity index (χ3n) is 10.1. The fraction of sp³-hybridized carbons (Fsp3) is 0.0638.